The number of imidazole rings is 1. The summed E-state index contributed by atoms with van der Waals surface area (Å²) in [6.07, 6.45) is 3.42. The highest BCUT2D eigenvalue weighted by atomic mass is 16.2. The lowest BCUT2D eigenvalue weighted by atomic mass is 9.95. The van der Waals surface area contributed by atoms with E-state index in [4.69, 9.17) is 0 Å². The van der Waals surface area contributed by atoms with Crippen molar-refractivity contribution in [1.29, 1.82) is 0 Å². The Bertz CT molecular complexity index is 909. The molecular formula is C19H21N5O. The first-order chi connectivity index (χ1) is 12.1. The molecule has 0 saturated heterocycles. The minimum absolute atomic E-state index is 0.0220. The van der Waals surface area contributed by atoms with Gasteiger partial charge in [0.25, 0.3) is 0 Å². The minimum Gasteiger partial charge on any atom is -0.332 e. The Kier molecular flexibility index (Phi) is 3.87. The van der Waals surface area contributed by atoms with E-state index in [0.717, 1.165) is 47.7 Å². The van der Waals surface area contributed by atoms with Gasteiger partial charge < -0.3 is 9.88 Å². The van der Waals surface area contributed by atoms with Crippen LogP contribution in [0.4, 0.5) is 5.82 Å². The SMILES string of the molecule is Cc1[nH]nc(NC(=O)C2CCn3c(cnc3C)C2)c1-c1ccccc1. The molecule has 1 atom stereocenters. The molecule has 0 bridgehead atoms. The van der Waals surface area contributed by atoms with Crippen LogP contribution in [0.2, 0.25) is 0 Å². The summed E-state index contributed by atoms with van der Waals surface area (Å²) in [6.45, 7) is 4.81. The molecule has 0 saturated carbocycles. The van der Waals surface area contributed by atoms with E-state index >= 15 is 0 Å². The van der Waals surface area contributed by atoms with Gasteiger partial charge in [-0.2, -0.15) is 5.10 Å². The number of fused-ring (bicyclic) bond motifs is 1. The summed E-state index contributed by atoms with van der Waals surface area (Å²) in [5.41, 5.74) is 4.07. The normalized spacial score (nSPS) is 16.5. The molecule has 128 valence electrons. The van der Waals surface area contributed by atoms with Gasteiger partial charge in [0.1, 0.15) is 5.82 Å². The number of hydrogen-bond acceptors (Lipinski definition) is 3. The van der Waals surface area contributed by atoms with E-state index < -0.39 is 0 Å². The van der Waals surface area contributed by atoms with Crippen molar-refractivity contribution in [1.82, 2.24) is 19.7 Å². The molecule has 25 heavy (non-hydrogen) atoms. The number of benzene rings is 1. The Balaban J connectivity index is 1.55. The number of aromatic nitrogens is 4. The lowest BCUT2D eigenvalue weighted by molar-refractivity contribution is -0.120. The third-order valence-corrected chi connectivity index (χ3v) is 4.92. The predicted octanol–water partition coefficient (Wildman–Crippen LogP) is 3.09. The van der Waals surface area contributed by atoms with Gasteiger partial charge in [0.2, 0.25) is 5.91 Å². The second-order valence-corrected chi connectivity index (χ2v) is 6.57. The fourth-order valence-electron chi connectivity index (χ4n) is 3.54. The first-order valence-electron chi connectivity index (χ1n) is 8.55. The van der Waals surface area contributed by atoms with Crippen molar-refractivity contribution in [2.75, 3.05) is 5.32 Å². The highest BCUT2D eigenvalue weighted by Gasteiger charge is 2.27. The molecule has 0 aliphatic carbocycles. The largest absolute Gasteiger partial charge is 0.332 e. The Morgan fingerprint density at radius 1 is 1.28 bits per heavy atom. The molecule has 6 nitrogen and oxygen atoms in total. The number of carbonyl (C=O) groups is 1. The lowest BCUT2D eigenvalue weighted by Crippen LogP contribution is -2.30. The van der Waals surface area contributed by atoms with Crippen molar-refractivity contribution in [3.8, 4) is 11.1 Å². The van der Waals surface area contributed by atoms with Gasteiger partial charge in [0.05, 0.1) is 0 Å². The van der Waals surface area contributed by atoms with Crippen LogP contribution in [0.15, 0.2) is 36.5 Å². The van der Waals surface area contributed by atoms with Crippen molar-refractivity contribution in [2.45, 2.75) is 33.2 Å². The number of aromatic amines is 1. The number of H-pyrrole nitrogens is 1. The molecule has 2 N–H and O–H groups in total. The van der Waals surface area contributed by atoms with E-state index in [1.54, 1.807) is 0 Å². The number of nitrogens with one attached hydrogen (secondary N) is 2. The van der Waals surface area contributed by atoms with Crippen LogP contribution in [0, 0.1) is 19.8 Å². The topological polar surface area (TPSA) is 75.6 Å². The van der Waals surface area contributed by atoms with Crippen LogP contribution < -0.4 is 5.32 Å². The lowest BCUT2D eigenvalue weighted by Gasteiger charge is -2.23. The average molecular weight is 335 g/mol. The number of aryl methyl sites for hydroxylation is 2. The number of anilines is 1. The number of carbonyl (C=O) groups excluding carboxylic acids is 1. The van der Waals surface area contributed by atoms with Crippen LogP contribution in [0.25, 0.3) is 11.1 Å². The van der Waals surface area contributed by atoms with Crippen molar-refractivity contribution < 1.29 is 4.79 Å². The van der Waals surface area contributed by atoms with Gasteiger partial charge in [0, 0.05) is 42.0 Å². The highest BCUT2D eigenvalue weighted by Crippen LogP contribution is 2.30. The highest BCUT2D eigenvalue weighted by molar-refractivity contribution is 5.96. The average Bonchev–Trinajstić information content (AvgIpc) is 3.18. The molecule has 1 unspecified atom stereocenters. The van der Waals surface area contributed by atoms with Crippen LogP contribution in [0.5, 0.6) is 0 Å². The monoisotopic (exact) mass is 335 g/mol. The number of rotatable bonds is 3. The van der Waals surface area contributed by atoms with Gasteiger partial charge in [0.15, 0.2) is 5.82 Å². The van der Waals surface area contributed by atoms with Gasteiger partial charge in [-0.15, -0.1) is 0 Å². The maximum atomic E-state index is 12.8. The van der Waals surface area contributed by atoms with Crippen molar-refractivity contribution in [3.63, 3.8) is 0 Å². The Morgan fingerprint density at radius 3 is 2.88 bits per heavy atom. The smallest absolute Gasteiger partial charge is 0.229 e. The molecule has 1 amide bonds. The Hall–Kier alpha value is -2.89. The van der Waals surface area contributed by atoms with Crippen molar-refractivity contribution in [3.05, 3.63) is 53.7 Å². The van der Waals surface area contributed by atoms with Crippen LogP contribution in [-0.2, 0) is 17.8 Å². The summed E-state index contributed by atoms with van der Waals surface area (Å²) in [5.74, 6) is 1.59. The van der Waals surface area contributed by atoms with Crippen LogP contribution in [-0.4, -0.2) is 25.7 Å². The summed E-state index contributed by atoms with van der Waals surface area (Å²) in [5, 5.41) is 10.3. The zero-order valence-corrected chi connectivity index (χ0v) is 14.4. The molecular weight excluding hydrogens is 314 g/mol. The quantitative estimate of drug-likeness (QED) is 0.772. The van der Waals surface area contributed by atoms with Crippen molar-refractivity contribution in [2.24, 2.45) is 5.92 Å². The molecule has 0 spiro atoms. The molecule has 3 heterocycles. The van der Waals surface area contributed by atoms with Gasteiger partial charge in [-0.05, 0) is 25.8 Å². The molecule has 3 aromatic rings. The van der Waals surface area contributed by atoms with E-state index in [1.807, 2.05) is 50.4 Å². The zero-order valence-electron chi connectivity index (χ0n) is 14.4. The molecule has 0 fully saturated rings. The van der Waals surface area contributed by atoms with Gasteiger partial charge in [-0.3, -0.25) is 9.89 Å². The van der Waals surface area contributed by atoms with Crippen LogP contribution in [0.3, 0.4) is 0 Å². The summed E-state index contributed by atoms with van der Waals surface area (Å²) >= 11 is 0. The fourth-order valence-corrected chi connectivity index (χ4v) is 3.54. The van der Waals surface area contributed by atoms with E-state index in [2.05, 4.69) is 25.1 Å². The Morgan fingerprint density at radius 2 is 2.08 bits per heavy atom. The second kappa shape index (κ2) is 6.20. The number of nitrogens with zero attached hydrogens (tertiary/aromatic N) is 3. The third kappa shape index (κ3) is 2.84. The molecule has 1 aliphatic rings. The van der Waals surface area contributed by atoms with E-state index in [-0.39, 0.29) is 11.8 Å². The maximum Gasteiger partial charge on any atom is 0.229 e. The Labute approximate surface area is 146 Å². The maximum absolute atomic E-state index is 12.8. The summed E-state index contributed by atoms with van der Waals surface area (Å²) < 4.78 is 2.19. The van der Waals surface area contributed by atoms with Gasteiger partial charge >= 0.3 is 0 Å². The van der Waals surface area contributed by atoms with E-state index in [9.17, 15) is 4.79 Å². The van der Waals surface area contributed by atoms with Crippen LogP contribution in [0.1, 0.15) is 23.6 Å². The molecule has 6 heteroatoms. The summed E-state index contributed by atoms with van der Waals surface area (Å²) in [4.78, 5) is 17.1. The number of amides is 1. The van der Waals surface area contributed by atoms with Crippen LogP contribution >= 0.6 is 0 Å². The molecule has 0 radical (unpaired) electrons. The first kappa shape index (κ1) is 15.6. The molecule has 4 rings (SSSR count). The number of hydrogen-bond donors (Lipinski definition) is 2. The second-order valence-electron chi connectivity index (χ2n) is 6.57. The van der Waals surface area contributed by atoms with E-state index in [1.165, 1.54) is 0 Å². The van der Waals surface area contributed by atoms with Gasteiger partial charge in [-0.1, -0.05) is 30.3 Å². The zero-order chi connectivity index (χ0) is 17.4. The van der Waals surface area contributed by atoms with Gasteiger partial charge in [-0.25, -0.2) is 4.98 Å². The summed E-state index contributed by atoms with van der Waals surface area (Å²) in [6, 6.07) is 9.99. The predicted molar refractivity (Wildman–Crippen MR) is 96.2 cm³/mol. The third-order valence-electron chi connectivity index (χ3n) is 4.92. The standard InChI is InChI=1S/C19H21N5O/c1-12-17(14-6-4-3-5-7-14)18(23-22-12)21-19(25)15-8-9-24-13(2)20-11-16(24)10-15/h3-7,11,15H,8-10H2,1-2H3,(H2,21,22,23,25). The first-order valence-corrected chi connectivity index (χ1v) is 8.55. The van der Waals surface area contributed by atoms with E-state index in [0.29, 0.717) is 5.82 Å². The molecule has 2 aromatic heterocycles. The molecule has 1 aromatic carbocycles. The van der Waals surface area contributed by atoms with Crippen molar-refractivity contribution >= 4 is 11.7 Å². The summed E-state index contributed by atoms with van der Waals surface area (Å²) in [7, 11) is 0. The minimum atomic E-state index is -0.0516. The fraction of sp³-hybridized carbons (Fsp3) is 0.316. The molecule has 1 aliphatic heterocycles.